The summed E-state index contributed by atoms with van der Waals surface area (Å²) in [6.07, 6.45) is 0. The van der Waals surface area contributed by atoms with Crippen LogP contribution in [0, 0.1) is 4.91 Å². The van der Waals surface area contributed by atoms with Gasteiger partial charge in [0.25, 0.3) is 0 Å². The van der Waals surface area contributed by atoms with Crippen LogP contribution in [0.3, 0.4) is 0 Å². The first-order valence-electron chi connectivity index (χ1n) is 8.40. The van der Waals surface area contributed by atoms with Gasteiger partial charge in [-0.3, -0.25) is 0 Å². The maximum atomic E-state index is 12.6. The van der Waals surface area contributed by atoms with Gasteiger partial charge in [-0.15, -0.1) is 5.10 Å². The Balaban J connectivity index is 0.00000176. The average Bonchev–Trinajstić information content (AvgIpc) is 2.69. The van der Waals surface area contributed by atoms with Crippen molar-refractivity contribution in [3.63, 3.8) is 0 Å². The fourth-order valence-electron chi connectivity index (χ4n) is 2.06. The molecule has 0 amide bonds. The van der Waals surface area contributed by atoms with Gasteiger partial charge in [0.05, 0.1) is 6.54 Å². The maximum Gasteiger partial charge on any atom is 0.154 e. The molecule has 5 N–H and O–H groups in total. The third-order valence-corrected chi connectivity index (χ3v) is 3.79. The van der Waals surface area contributed by atoms with Gasteiger partial charge in [0.1, 0.15) is 13.2 Å². The molecule has 0 spiro atoms. The third-order valence-electron chi connectivity index (χ3n) is 3.30. The second-order valence-electron chi connectivity index (χ2n) is 5.15. The monoisotopic (exact) mass is 438 g/mol. The van der Waals surface area contributed by atoms with E-state index in [0.717, 1.165) is 15.3 Å². The summed E-state index contributed by atoms with van der Waals surface area (Å²) in [5, 5.41) is 11.1. The summed E-state index contributed by atoms with van der Waals surface area (Å²) in [4.78, 5) is 10.2. The Hall–Kier alpha value is -2.52. The van der Waals surface area contributed by atoms with Crippen LogP contribution >= 0.6 is 15.9 Å². The fraction of sp³-hybridized carbons (Fsp3) is 0.278. The van der Waals surface area contributed by atoms with E-state index < -0.39 is 6.67 Å². The van der Waals surface area contributed by atoms with E-state index in [1.54, 1.807) is 30.3 Å². The van der Waals surface area contributed by atoms with Crippen LogP contribution < -0.4 is 16.9 Å². The molecular weight excluding hydrogens is 415 g/mol. The van der Waals surface area contributed by atoms with Crippen molar-refractivity contribution < 1.29 is 4.39 Å². The lowest BCUT2D eigenvalue weighted by Crippen LogP contribution is -2.31. The molecule has 0 fully saturated rings. The summed E-state index contributed by atoms with van der Waals surface area (Å²) in [5.41, 5.74) is 8.76. The van der Waals surface area contributed by atoms with Gasteiger partial charge in [-0.25, -0.2) is 15.4 Å². The molecule has 0 aliphatic carbocycles. The van der Waals surface area contributed by atoms with E-state index in [-0.39, 0.29) is 18.9 Å². The number of rotatable bonds is 8. The van der Waals surface area contributed by atoms with Crippen LogP contribution in [0.2, 0.25) is 0 Å². The highest BCUT2D eigenvalue weighted by Crippen LogP contribution is 2.25. The van der Waals surface area contributed by atoms with Crippen molar-refractivity contribution in [3.05, 3.63) is 63.0 Å². The van der Waals surface area contributed by atoms with Crippen LogP contribution in [-0.2, 0) is 6.67 Å². The first-order valence-corrected chi connectivity index (χ1v) is 9.20. The molecule has 27 heavy (non-hydrogen) atoms. The normalized spacial score (nSPS) is 10.6. The number of alkyl halides is 1. The molecule has 0 radical (unpaired) electrons. The maximum absolute atomic E-state index is 12.6. The highest BCUT2D eigenvalue weighted by Gasteiger charge is 2.09. The van der Waals surface area contributed by atoms with E-state index in [9.17, 15) is 9.30 Å². The molecule has 0 saturated carbocycles. The van der Waals surface area contributed by atoms with Gasteiger partial charge in [0, 0.05) is 21.4 Å². The van der Waals surface area contributed by atoms with Crippen LogP contribution in [0.25, 0.3) is 0 Å². The highest BCUT2D eigenvalue weighted by molar-refractivity contribution is 9.10. The number of anilines is 2. The molecule has 9 heteroatoms. The minimum absolute atomic E-state index is 0.0117. The minimum Gasteiger partial charge on any atom is -0.382 e. The van der Waals surface area contributed by atoms with Crippen molar-refractivity contribution >= 4 is 33.1 Å². The first kappa shape index (κ1) is 22.5. The Bertz CT molecular complexity index is 754. The summed E-state index contributed by atoms with van der Waals surface area (Å²) in [7, 11) is 0. The van der Waals surface area contributed by atoms with Gasteiger partial charge in [0.15, 0.2) is 5.84 Å². The molecule has 0 saturated heterocycles. The molecule has 2 aromatic carbocycles. The fourth-order valence-corrected chi connectivity index (χ4v) is 2.42. The Morgan fingerprint density at radius 3 is 2.48 bits per heavy atom. The number of hydrazine groups is 1. The van der Waals surface area contributed by atoms with Gasteiger partial charge in [0.2, 0.25) is 0 Å². The zero-order valence-corrected chi connectivity index (χ0v) is 16.9. The predicted octanol–water partition coefficient (Wildman–Crippen LogP) is 4.25. The largest absolute Gasteiger partial charge is 0.382 e. The number of benzene rings is 2. The lowest BCUT2D eigenvalue weighted by atomic mass is 10.1. The molecule has 0 bridgehead atoms. The summed E-state index contributed by atoms with van der Waals surface area (Å²) in [6, 6.07) is 12.4. The number of halogens is 2. The molecular formula is C18H24BrFN6O. The van der Waals surface area contributed by atoms with Crippen molar-refractivity contribution in [2.45, 2.75) is 20.5 Å². The number of amidine groups is 1. The number of hydrogen-bond acceptors (Lipinski definition) is 6. The second-order valence-corrected chi connectivity index (χ2v) is 6.06. The SMILES string of the molecule is CC.N/C(=N\N(N)CCN=O)c1cc(Br)ccc1Nc1ccc(CF)cc1. The van der Waals surface area contributed by atoms with Gasteiger partial charge < -0.3 is 11.1 Å². The van der Waals surface area contributed by atoms with Gasteiger partial charge in [-0.2, -0.15) is 4.91 Å². The lowest BCUT2D eigenvalue weighted by Gasteiger charge is -2.15. The number of nitrogens with zero attached hydrogens (tertiary/aromatic N) is 3. The number of nitrogens with one attached hydrogen (secondary N) is 1. The molecule has 0 aliphatic heterocycles. The molecule has 7 nitrogen and oxygen atoms in total. The van der Waals surface area contributed by atoms with Gasteiger partial charge >= 0.3 is 0 Å². The van der Waals surface area contributed by atoms with Crippen molar-refractivity contribution in [1.29, 1.82) is 0 Å². The Morgan fingerprint density at radius 2 is 1.89 bits per heavy atom. The Labute approximate surface area is 166 Å². The summed E-state index contributed by atoms with van der Waals surface area (Å²) < 4.78 is 13.4. The topological polar surface area (TPSA) is 109 Å². The zero-order valence-electron chi connectivity index (χ0n) is 15.3. The molecule has 146 valence electrons. The first-order chi connectivity index (χ1) is 13.0. The molecule has 0 aliphatic rings. The molecule has 0 heterocycles. The zero-order chi connectivity index (χ0) is 20.2. The van der Waals surface area contributed by atoms with Crippen LogP contribution in [-0.4, -0.2) is 24.0 Å². The Kier molecular flexibility index (Phi) is 9.99. The smallest absolute Gasteiger partial charge is 0.154 e. The quantitative estimate of drug-likeness (QED) is 0.187. The molecule has 0 unspecified atom stereocenters. The average molecular weight is 439 g/mol. The van der Waals surface area contributed by atoms with Gasteiger partial charge in [-0.05, 0) is 35.9 Å². The van der Waals surface area contributed by atoms with E-state index in [2.05, 4.69) is 31.5 Å². The van der Waals surface area contributed by atoms with E-state index in [4.69, 9.17) is 11.6 Å². The standard InChI is InChI=1S/C16H18BrFN6O.C2H6/c17-12-3-6-15(22-13-4-1-11(10-18)2-5-13)14(9-12)16(19)23-24(20)8-7-21-25;1-2/h1-6,9,22H,7-8,10,20H2,(H2,19,23);1-2H3. The number of hydrogen-bond donors (Lipinski definition) is 3. The molecule has 0 atom stereocenters. The van der Waals surface area contributed by atoms with E-state index in [1.165, 1.54) is 0 Å². The van der Waals surface area contributed by atoms with E-state index >= 15 is 0 Å². The van der Waals surface area contributed by atoms with Crippen molar-refractivity contribution in [2.24, 2.45) is 21.9 Å². The number of nitroso groups, excluding NO2 is 1. The van der Waals surface area contributed by atoms with Crippen LogP contribution in [0.4, 0.5) is 15.8 Å². The Morgan fingerprint density at radius 1 is 1.22 bits per heavy atom. The van der Waals surface area contributed by atoms with Crippen LogP contribution in [0.15, 0.2) is 57.2 Å². The molecule has 2 rings (SSSR count). The molecule has 0 aromatic heterocycles. The van der Waals surface area contributed by atoms with Crippen LogP contribution in [0.5, 0.6) is 0 Å². The highest BCUT2D eigenvalue weighted by atomic mass is 79.9. The lowest BCUT2D eigenvalue weighted by molar-refractivity contribution is 0.308. The van der Waals surface area contributed by atoms with Crippen LogP contribution in [0.1, 0.15) is 25.0 Å². The number of hydrazone groups is 1. The predicted molar refractivity (Wildman–Crippen MR) is 112 cm³/mol. The van der Waals surface area contributed by atoms with Crippen molar-refractivity contribution in [1.82, 2.24) is 5.12 Å². The summed E-state index contributed by atoms with van der Waals surface area (Å²) >= 11 is 3.40. The summed E-state index contributed by atoms with van der Waals surface area (Å²) in [5.74, 6) is 5.85. The third kappa shape index (κ3) is 7.32. The van der Waals surface area contributed by atoms with E-state index in [1.807, 2.05) is 26.0 Å². The van der Waals surface area contributed by atoms with Gasteiger partial charge in [-0.1, -0.05) is 47.1 Å². The number of nitrogens with two attached hydrogens (primary N) is 2. The molecule has 2 aromatic rings. The second kappa shape index (κ2) is 12.0. The van der Waals surface area contributed by atoms with Crippen molar-refractivity contribution in [2.75, 3.05) is 18.4 Å². The minimum atomic E-state index is -0.509. The van der Waals surface area contributed by atoms with Crippen molar-refractivity contribution in [3.8, 4) is 0 Å². The van der Waals surface area contributed by atoms with E-state index in [0.29, 0.717) is 16.8 Å². The summed E-state index contributed by atoms with van der Waals surface area (Å²) in [6.45, 7) is 3.66.